The van der Waals surface area contributed by atoms with E-state index in [0.29, 0.717) is 19.5 Å². The summed E-state index contributed by atoms with van der Waals surface area (Å²) in [5, 5.41) is 11.6. The van der Waals surface area contributed by atoms with Gasteiger partial charge in [-0.05, 0) is 37.5 Å². The van der Waals surface area contributed by atoms with Crippen molar-refractivity contribution in [2.45, 2.75) is 37.6 Å². The fourth-order valence-corrected chi connectivity index (χ4v) is 3.09. The second-order valence-electron chi connectivity index (χ2n) is 7.47. The van der Waals surface area contributed by atoms with Crippen molar-refractivity contribution in [3.8, 4) is 23.3 Å². The molecule has 4 rings (SSSR count). The van der Waals surface area contributed by atoms with Gasteiger partial charge in [-0.25, -0.2) is 4.98 Å². The number of methoxy groups -OCH3 is 1. The lowest BCUT2D eigenvalue weighted by Crippen LogP contribution is -2.36. The van der Waals surface area contributed by atoms with Crippen molar-refractivity contribution in [2.24, 2.45) is 0 Å². The third kappa shape index (κ3) is 5.91. The van der Waals surface area contributed by atoms with Gasteiger partial charge in [0.25, 0.3) is 5.89 Å². The molecule has 1 atom stereocenters. The maximum Gasteiger partial charge on any atom is 0.416 e. The summed E-state index contributed by atoms with van der Waals surface area (Å²) >= 11 is 0. The van der Waals surface area contributed by atoms with E-state index < -0.39 is 17.6 Å². The minimum absolute atomic E-state index is 0.0157. The lowest BCUT2D eigenvalue weighted by atomic mass is 10.1. The molecule has 0 radical (unpaired) electrons. The fourth-order valence-electron chi connectivity index (χ4n) is 3.09. The number of halogens is 3. The van der Waals surface area contributed by atoms with Crippen molar-refractivity contribution >= 4 is 5.91 Å². The van der Waals surface area contributed by atoms with Crippen LogP contribution in [0.1, 0.15) is 35.5 Å². The zero-order chi connectivity index (χ0) is 23.3. The molecule has 2 aliphatic rings. The Balaban J connectivity index is 0.000000913. The van der Waals surface area contributed by atoms with E-state index in [0.717, 1.165) is 25.0 Å². The van der Waals surface area contributed by atoms with Gasteiger partial charge in [0.2, 0.25) is 0 Å². The van der Waals surface area contributed by atoms with Crippen LogP contribution in [0.2, 0.25) is 0 Å². The smallest absolute Gasteiger partial charge is 0.416 e. The Labute approximate surface area is 182 Å². The van der Waals surface area contributed by atoms with Crippen molar-refractivity contribution in [1.82, 2.24) is 15.2 Å². The fraction of sp³-hybridized carbons (Fsp3) is 0.476. The first-order chi connectivity index (χ1) is 15.2. The van der Waals surface area contributed by atoms with Crippen LogP contribution in [0.3, 0.4) is 0 Å². The molecule has 1 saturated heterocycles. The van der Waals surface area contributed by atoms with E-state index in [4.69, 9.17) is 14.4 Å². The van der Waals surface area contributed by atoms with Gasteiger partial charge in [0.05, 0.1) is 23.4 Å². The number of alkyl halides is 3. The molecule has 1 amide bonds. The molecule has 1 saturated carbocycles. The van der Waals surface area contributed by atoms with E-state index in [1.165, 1.54) is 17.2 Å². The second kappa shape index (κ2) is 9.91. The number of nitrogens with one attached hydrogen (secondary N) is 1. The Hall–Kier alpha value is -3.26. The normalized spacial score (nSPS) is 17.9. The highest BCUT2D eigenvalue weighted by atomic mass is 19.4. The number of hydrogen-bond donors (Lipinski definition) is 1. The number of amides is 1. The minimum atomic E-state index is -4.53. The first-order valence-corrected chi connectivity index (χ1v) is 9.95. The molecule has 2 fully saturated rings. The maximum atomic E-state index is 13.1. The summed E-state index contributed by atoms with van der Waals surface area (Å²) in [6, 6.07) is 2.92. The molecule has 172 valence electrons. The maximum absolute atomic E-state index is 13.1. The van der Waals surface area contributed by atoms with E-state index in [2.05, 4.69) is 15.0 Å². The summed E-state index contributed by atoms with van der Waals surface area (Å²) in [7, 11) is 3.25. The van der Waals surface area contributed by atoms with Crippen LogP contribution in [-0.2, 0) is 10.9 Å². The molecule has 11 heteroatoms. The number of benzene rings is 1. The Bertz CT molecular complexity index is 982. The number of likely N-dealkylation sites (tertiary alicyclic amines) is 1. The van der Waals surface area contributed by atoms with E-state index in [9.17, 15) is 18.0 Å². The van der Waals surface area contributed by atoms with Crippen molar-refractivity contribution < 1.29 is 31.9 Å². The molecule has 2 aromatic rings. The van der Waals surface area contributed by atoms with Gasteiger partial charge in [0, 0.05) is 33.4 Å². The molecule has 1 aromatic heterocycles. The molecular weight excluding hydrogens is 429 g/mol. The van der Waals surface area contributed by atoms with Crippen molar-refractivity contribution in [1.29, 1.82) is 5.26 Å². The van der Waals surface area contributed by atoms with Gasteiger partial charge in [0.15, 0.2) is 12.0 Å². The number of oxazole rings is 1. The Morgan fingerprint density at radius 2 is 2.03 bits per heavy atom. The van der Waals surface area contributed by atoms with E-state index >= 15 is 0 Å². The summed E-state index contributed by atoms with van der Waals surface area (Å²) in [6.45, 7) is 0.938. The monoisotopic (exact) mass is 452 g/mol. The highest BCUT2D eigenvalue weighted by Crippen LogP contribution is 2.39. The highest BCUT2D eigenvalue weighted by Gasteiger charge is 2.33. The third-order valence-corrected chi connectivity index (χ3v) is 4.76. The number of carbonyl (C=O) groups excluding carboxylic acids is 1. The molecule has 8 nitrogen and oxygen atoms in total. The number of hydrogen-bond acceptors (Lipinski definition) is 7. The van der Waals surface area contributed by atoms with Crippen molar-refractivity contribution in [2.75, 3.05) is 27.3 Å². The molecular formula is C21H23F3N4O4. The minimum Gasteiger partial charge on any atom is -0.490 e. The Morgan fingerprint density at radius 1 is 1.31 bits per heavy atom. The van der Waals surface area contributed by atoms with Crippen LogP contribution >= 0.6 is 0 Å². The van der Waals surface area contributed by atoms with Crippen LogP contribution in [0, 0.1) is 11.5 Å². The zero-order valence-electron chi connectivity index (χ0n) is 17.6. The average molecular weight is 452 g/mol. The lowest BCUT2D eigenvalue weighted by molar-refractivity contribution is -0.137. The molecule has 1 aromatic carbocycles. The first-order valence-electron chi connectivity index (χ1n) is 9.95. The molecule has 32 heavy (non-hydrogen) atoms. The number of rotatable bonds is 5. The van der Waals surface area contributed by atoms with Crippen LogP contribution in [0.5, 0.6) is 5.75 Å². The molecule has 0 spiro atoms. The number of ether oxygens (including phenoxy) is 2. The zero-order valence-corrected chi connectivity index (χ0v) is 17.6. The first kappa shape index (κ1) is 23.4. The molecule has 1 aliphatic carbocycles. The molecule has 2 heterocycles. The largest absolute Gasteiger partial charge is 0.490 e. The van der Waals surface area contributed by atoms with Gasteiger partial charge >= 0.3 is 12.1 Å². The SMILES string of the molecule is COC.N#CN1CCC(NC(=O)c2ncc(-c3cc(C(F)(F)F)ccc3OC3CC3)o2)C1. The molecule has 1 aliphatic heterocycles. The van der Waals surface area contributed by atoms with Crippen LogP contribution in [0.4, 0.5) is 13.2 Å². The van der Waals surface area contributed by atoms with Gasteiger partial charge in [0.1, 0.15) is 5.75 Å². The summed E-state index contributed by atoms with van der Waals surface area (Å²) in [4.78, 5) is 17.8. The van der Waals surface area contributed by atoms with Gasteiger partial charge < -0.3 is 24.1 Å². The van der Waals surface area contributed by atoms with Gasteiger partial charge in [-0.15, -0.1) is 0 Å². The number of nitriles is 1. The Kier molecular flexibility index (Phi) is 7.25. The summed E-state index contributed by atoms with van der Waals surface area (Å²) in [5.41, 5.74) is -0.754. The number of carbonyl (C=O) groups is 1. The third-order valence-electron chi connectivity index (χ3n) is 4.76. The topological polar surface area (TPSA) is 101 Å². The summed E-state index contributed by atoms with van der Waals surface area (Å²) in [5.74, 6) is -0.575. The number of aromatic nitrogens is 1. The second-order valence-corrected chi connectivity index (χ2v) is 7.47. The molecule has 1 N–H and O–H groups in total. The highest BCUT2D eigenvalue weighted by molar-refractivity contribution is 5.90. The lowest BCUT2D eigenvalue weighted by Gasteiger charge is -2.13. The van der Waals surface area contributed by atoms with Gasteiger partial charge in [-0.2, -0.15) is 18.4 Å². The molecule has 1 unspecified atom stereocenters. The summed E-state index contributed by atoms with van der Waals surface area (Å²) < 4.78 is 54.8. The Morgan fingerprint density at radius 3 is 2.62 bits per heavy atom. The standard InChI is InChI=1S/C19H17F3N4O3.C2H6O/c20-19(21,22)11-1-4-15(28-13-2-3-13)14(7-11)16-8-24-18(29-16)17(27)25-12-5-6-26(9-12)10-23;1-3-2/h1,4,7-8,12-13H,2-3,5-6,9H2,(H,25,27);1-2H3. The predicted octanol–water partition coefficient (Wildman–Crippen LogP) is 3.45. The van der Waals surface area contributed by atoms with E-state index in [1.807, 2.05) is 6.19 Å². The average Bonchev–Trinajstić information content (AvgIpc) is 3.24. The quantitative estimate of drug-likeness (QED) is 0.694. The summed E-state index contributed by atoms with van der Waals surface area (Å²) in [6.07, 6.45) is 0.960. The van der Waals surface area contributed by atoms with Gasteiger partial charge in [-0.3, -0.25) is 4.79 Å². The van der Waals surface area contributed by atoms with E-state index in [-0.39, 0.29) is 35.1 Å². The van der Waals surface area contributed by atoms with Crippen LogP contribution in [0.15, 0.2) is 28.8 Å². The van der Waals surface area contributed by atoms with Gasteiger partial charge in [-0.1, -0.05) is 0 Å². The van der Waals surface area contributed by atoms with E-state index in [1.54, 1.807) is 14.2 Å². The van der Waals surface area contributed by atoms with Crippen LogP contribution in [-0.4, -0.2) is 55.2 Å². The van der Waals surface area contributed by atoms with Crippen LogP contribution < -0.4 is 10.1 Å². The molecule has 0 bridgehead atoms. The van der Waals surface area contributed by atoms with Crippen molar-refractivity contribution in [3.05, 3.63) is 35.9 Å². The number of nitrogens with zero attached hydrogens (tertiary/aromatic N) is 3. The van der Waals surface area contributed by atoms with Crippen molar-refractivity contribution in [3.63, 3.8) is 0 Å². The predicted molar refractivity (Wildman–Crippen MR) is 107 cm³/mol. The van der Waals surface area contributed by atoms with Crippen LogP contribution in [0.25, 0.3) is 11.3 Å².